The maximum Gasteiger partial charge on any atom is 0.255 e. The predicted molar refractivity (Wildman–Crippen MR) is 103 cm³/mol. The lowest BCUT2D eigenvalue weighted by Crippen LogP contribution is -2.43. The number of hydrogen-bond acceptors (Lipinski definition) is 3. The van der Waals surface area contributed by atoms with E-state index in [1.807, 2.05) is 42.5 Å². The fraction of sp³-hybridized carbons (Fsp3) is 0.364. The number of pyridine rings is 1. The molecule has 1 amide bonds. The molecule has 0 aliphatic heterocycles. The van der Waals surface area contributed by atoms with Crippen LogP contribution in [0.5, 0.6) is 0 Å². The van der Waals surface area contributed by atoms with Gasteiger partial charge in [-0.1, -0.05) is 32.0 Å². The Morgan fingerprint density at radius 3 is 2.58 bits per heavy atom. The summed E-state index contributed by atoms with van der Waals surface area (Å²) in [6.45, 7) is 6.50. The summed E-state index contributed by atoms with van der Waals surface area (Å²) < 4.78 is 5.52. The molecular weight excluding hydrogens is 324 g/mol. The Bertz CT molecular complexity index is 926. The zero-order valence-corrected chi connectivity index (χ0v) is 15.5. The standard InChI is InChI=1S/C22H24N2O2/c1-14(2)15(3)24(16-10-11-16)22(25)18-13-20(21-9-6-12-26-21)23-19-8-5-4-7-17(18)19/h4-9,12-16H,10-11H2,1-3H3/t15-/m1/s1. The van der Waals surface area contributed by atoms with Gasteiger partial charge in [0, 0.05) is 17.5 Å². The molecule has 4 nitrogen and oxygen atoms in total. The molecule has 3 aromatic rings. The maximum atomic E-state index is 13.6. The van der Waals surface area contributed by atoms with Crippen LogP contribution in [0.2, 0.25) is 0 Å². The number of carbonyl (C=O) groups is 1. The van der Waals surface area contributed by atoms with Crippen LogP contribution in [0, 0.1) is 5.92 Å². The molecule has 2 heterocycles. The number of aromatic nitrogens is 1. The third-order valence-electron chi connectivity index (χ3n) is 5.30. The van der Waals surface area contributed by atoms with E-state index in [9.17, 15) is 4.79 Å². The molecule has 0 saturated heterocycles. The molecule has 26 heavy (non-hydrogen) atoms. The summed E-state index contributed by atoms with van der Waals surface area (Å²) in [5.41, 5.74) is 2.23. The van der Waals surface area contributed by atoms with E-state index in [-0.39, 0.29) is 11.9 Å². The molecule has 0 spiro atoms. The highest BCUT2D eigenvalue weighted by Gasteiger charge is 2.37. The average Bonchev–Trinajstić information content (AvgIpc) is 3.32. The Morgan fingerprint density at radius 1 is 1.15 bits per heavy atom. The number of fused-ring (bicyclic) bond motifs is 1. The van der Waals surface area contributed by atoms with Crippen molar-refractivity contribution in [2.45, 2.75) is 45.7 Å². The van der Waals surface area contributed by atoms with Crippen molar-refractivity contribution in [2.75, 3.05) is 0 Å². The Kier molecular flexibility index (Phi) is 4.27. The number of amides is 1. The summed E-state index contributed by atoms with van der Waals surface area (Å²) in [5.74, 6) is 1.19. The summed E-state index contributed by atoms with van der Waals surface area (Å²) in [4.78, 5) is 20.4. The summed E-state index contributed by atoms with van der Waals surface area (Å²) >= 11 is 0. The molecule has 0 unspecified atom stereocenters. The second-order valence-electron chi connectivity index (χ2n) is 7.48. The predicted octanol–water partition coefficient (Wildman–Crippen LogP) is 5.14. The van der Waals surface area contributed by atoms with Crippen molar-refractivity contribution in [1.82, 2.24) is 9.88 Å². The van der Waals surface area contributed by atoms with Gasteiger partial charge in [0.15, 0.2) is 5.76 Å². The van der Waals surface area contributed by atoms with Crippen LogP contribution in [0.3, 0.4) is 0 Å². The number of carbonyl (C=O) groups excluding carboxylic acids is 1. The molecule has 1 aliphatic rings. The van der Waals surface area contributed by atoms with E-state index in [4.69, 9.17) is 9.40 Å². The Morgan fingerprint density at radius 2 is 1.92 bits per heavy atom. The van der Waals surface area contributed by atoms with Gasteiger partial charge in [-0.15, -0.1) is 0 Å². The number of para-hydroxylation sites is 1. The van der Waals surface area contributed by atoms with E-state index in [2.05, 4.69) is 25.7 Å². The molecule has 4 heteroatoms. The van der Waals surface area contributed by atoms with E-state index < -0.39 is 0 Å². The third kappa shape index (κ3) is 3.00. The van der Waals surface area contributed by atoms with Crippen LogP contribution in [0.4, 0.5) is 0 Å². The average molecular weight is 348 g/mol. The molecule has 1 saturated carbocycles. The van der Waals surface area contributed by atoms with E-state index >= 15 is 0 Å². The highest BCUT2D eigenvalue weighted by Crippen LogP contribution is 2.34. The van der Waals surface area contributed by atoms with Gasteiger partial charge in [-0.05, 0) is 49.9 Å². The van der Waals surface area contributed by atoms with Gasteiger partial charge in [-0.2, -0.15) is 0 Å². The van der Waals surface area contributed by atoms with Crippen LogP contribution in [0.1, 0.15) is 44.0 Å². The summed E-state index contributed by atoms with van der Waals surface area (Å²) in [6.07, 6.45) is 3.82. The van der Waals surface area contributed by atoms with Gasteiger partial charge in [-0.25, -0.2) is 4.98 Å². The van der Waals surface area contributed by atoms with Crippen molar-refractivity contribution in [3.05, 3.63) is 54.3 Å². The molecule has 4 rings (SSSR count). The van der Waals surface area contributed by atoms with E-state index in [0.717, 1.165) is 23.7 Å². The molecule has 2 aromatic heterocycles. The SMILES string of the molecule is CC(C)[C@@H](C)N(C(=O)c1cc(-c2ccco2)nc2ccccc12)C1CC1. The molecule has 1 aliphatic carbocycles. The highest BCUT2D eigenvalue weighted by molar-refractivity contribution is 6.07. The maximum absolute atomic E-state index is 13.6. The van der Waals surface area contributed by atoms with E-state index in [0.29, 0.717) is 29.0 Å². The van der Waals surface area contributed by atoms with Crippen molar-refractivity contribution < 1.29 is 9.21 Å². The van der Waals surface area contributed by atoms with E-state index in [1.165, 1.54) is 0 Å². The van der Waals surface area contributed by atoms with Crippen LogP contribution in [-0.4, -0.2) is 27.9 Å². The molecular formula is C22H24N2O2. The Balaban J connectivity index is 1.85. The second-order valence-corrected chi connectivity index (χ2v) is 7.48. The first-order valence-electron chi connectivity index (χ1n) is 9.32. The minimum absolute atomic E-state index is 0.0973. The van der Waals surface area contributed by atoms with Gasteiger partial charge >= 0.3 is 0 Å². The fourth-order valence-corrected chi connectivity index (χ4v) is 3.40. The van der Waals surface area contributed by atoms with Crippen LogP contribution >= 0.6 is 0 Å². The number of rotatable bonds is 5. The molecule has 0 radical (unpaired) electrons. The zero-order valence-electron chi connectivity index (χ0n) is 15.5. The molecule has 1 aromatic carbocycles. The van der Waals surface area contributed by atoms with Crippen molar-refractivity contribution in [1.29, 1.82) is 0 Å². The smallest absolute Gasteiger partial charge is 0.255 e. The van der Waals surface area contributed by atoms with Gasteiger partial charge in [0.25, 0.3) is 5.91 Å². The van der Waals surface area contributed by atoms with Gasteiger partial charge in [-0.3, -0.25) is 4.79 Å². The molecule has 1 fully saturated rings. The number of benzene rings is 1. The number of furan rings is 1. The topological polar surface area (TPSA) is 46.3 Å². The second kappa shape index (κ2) is 6.60. The molecule has 0 bridgehead atoms. The molecule has 134 valence electrons. The zero-order chi connectivity index (χ0) is 18.3. The summed E-state index contributed by atoms with van der Waals surface area (Å²) in [6, 6.07) is 14.0. The largest absolute Gasteiger partial charge is 0.463 e. The van der Waals surface area contributed by atoms with Gasteiger partial charge < -0.3 is 9.32 Å². The number of nitrogens with zero attached hydrogens (tertiary/aromatic N) is 2. The van der Waals surface area contributed by atoms with Crippen molar-refractivity contribution in [3.63, 3.8) is 0 Å². The lowest BCUT2D eigenvalue weighted by atomic mass is 10.0. The van der Waals surface area contributed by atoms with Crippen molar-refractivity contribution >= 4 is 16.8 Å². The summed E-state index contributed by atoms with van der Waals surface area (Å²) in [7, 11) is 0. The van der Waals surface area contributed by atoms with Crippen LogP contribution < -0.4 is 0 Å². The van der Waals surface area contributed by atoms with Crippen LogP contribution in [0.25, 0.3) is 22.4 Å². The van der Waals surface area contributed by atoms with Crippen LogP contribution in [-0.2, 0) is 0 Å². The first kappa shape index (κ1) is 16.8. The quantitative estimate of drug-likeness (QED) is 0.641. The lowest BCUT2D eigenvalue weighted by molar-refractivity contribution is 0.0630. The van der Waals surface area contributed by atoms with E-state index in [1.54, 1.807) is 6.26 Å². The summed E-state index contributed by atoms with van der Waals surface area (Å²) in [5, 5.41) is 0.898. The van der Waals surface area contributed by atoms with Gasteiger partial charge in [0.1, 0.15) is 5.69 Å². The third-order valence-corrected chi connectivity index (χ3v) is 5.30. The number of hydrogen-bond donors (Lipinski definition) is 0. The van der Waals surface area contributed by atoms with Crippen LogP contribution in [0.15, 0.2) is 53.1 Å². The first-order valence-corrected chi connectivity index (χ1v) is 9.32. The lowest BCUT2D eigenvalue weighted by Gasteiger charge is -2.32. The van der Waals surface area contributed by atoms with Crippen molar-refractivity contribution in [3.8, 4) is 11.5 Å². The minimum atomic E-state index is 0.0973. The minimum Gasteiger partial charge on any atom is -0.463 e. The van der Waals surface area contributed by atoms with Gasteiger partial charge in [0.05, 0.1) is 17.3 Å². The van der Waals surface area contributed by atoms with Gasteiger partial charge in [0.2, 0.25) is 0 Å². The molecule has 1 atom stereocenters. The normalized spacial score (nSPS) is 15.4. The monoisotopic (exact) mass is 348 g/mol. The van der Waals surface area contributed by atoms with Crippen molar-refractivity contribution in [2.24, 2.45) is 5.92 Å². The Labute approximate surface area is 153 Å². The fourth-order valence-electron chi connectivity index (χ4n) is 3.40. The first-order chi connectivity index (χ1) is 12.6. The highest BCUT2D eigenvalue weighted by atomic mass is 16.3. The Hall–Kier alpha value is -2.62. The molecule has 0 N–H and O–H groups in total.